The summed E-state index contributed by atoms with van der Waals surface area (Å²) in [5.74, 6) is 0.873. The number of halogens is 2. The molecule has 0 bridgehead atoms. The van der Waals surface area contributed by atoms with Crippen LogP contribution in [0.15, 0.2) is 36.4 Å². The van der Waals surface area contributed by atoms with Gasteiger partial charge in [0, 0.05) is 30.3 Å². The second-order valence-electron chi connectivity index (χ2n) is 8.77. The van der Waals surface area contributed by atoms with Crippen molar-refractivity contribution in [1.82, 2.24) is 10.2 Å². The molecule has 186 valence electrons. The van der Waals surface area contributed by atoms with E-state index in [0.717, 1.165) is 5.56 Å². The maximum absolute atomic E-state index is 13.4. The van der Waals surface area contributed by atoms with E-state index in [4.69, 9.17) is 37.4 Å². The van der Waals surface area contributed by atoms with Crippen molar-refractivity contribution >= 4 is 35.0 Å². The molecule has 0 aliphatic carbocycles. The summed E-state index contributed by atoms with van der Waals surface area (Å²) < 4.78 is 16.3. The van der Waals surface area contributed by atoms with Gasteiger partial charge in [0.05, 0.1) is 24.3 Å². The van der Waals surface area contributed by atoms with Crippen LogP contribution in [0.25, 0.3) is 0 Å². The molecule has 7 nitrogen and oxygen atoms in total. The minimum atomic E-state index is -0.704. The van der Waals surface area contributed by atoms with Gasteiger partial charge in [0.25, 0.3) is 5.91 Å². The topological polar surface area (TPSA) is 77.1 Å². The molecule has 0 aromatic heterocycles. The fraction of sp³-hybridized carbons (Fsp3) is 0.440. The number of methoxy groups -OCH3 is 2. The molecule has 2 aromatic rings. The zero-order chi connectivity index (χ0) is 25.5. The standard InChI is InChI=1S/C25H32Cl2N2O5/c1-7-22(24(31)28-25(2,3)4)29(14-16-8-9-20(26)21(27)10-16)23(30)15-34-19-12-17(32-5)11-18(13-19)33-6/h8-13,22H,7,14-15H2,1-6H3,(H,28,31)/t22-/m0/s1. The molecule has 0 saturated heterocycles. The lowest BCUT2D eigenvalue weighted by atomic mass is 10.1. The van der Waals surface area contributed by atoms with Crippen molar-refractivity contribution in [2.75, 3.05) is 20.8 Å². The molecular formula is C25H32Cl2N2O5. The van der Waals surface area contributed by atoms with Gasteiger partial charge in [-0.25, -0.2) is 0 Å². The van der Waals surface area contributed by atoms with Crippen LogP contribution in [0.2, 0.25) is 10.0 Å². The summed E-state index contributed by atoms with van der Waals surface area (Å²) in [6, 6.07) is 9.44. The molecule has 0 heterocycles. The first-order valence-corrected chi connectivity index (χ1v) is 11.6. The first-order chi connectivity index (χ1) is 16.0. The van der Waals surface area contributed by atoms with Crippen molar-refractivity contribution in [2.45, 2.75) is 52.2 Å². The van der Waals surface area contributed by atoms with E-state index in [9.17, 15) is 9.59 Å². The summed E-state index contributed by atoms with van der Waals surface area (Å²) in [6.45, 7) is 7.41. The van der Waals surface area contributed by atoms with Crippen molar-refractivity contribution in [3.8, 4) is 17.2 Å². The number of carbonyl (C=O) groups is 2. The molecule has 1 N–H and O–H groups in total. The number of hydrogen-bond acceptors (Lipinski definition) is 5. The Kier molecular flexibility index (Phi) is 9.89. The number of benzene rings is 2. The summed E-state index contributed by atoms with van der Waals surface area (Å²) >= 11 is 12.2. The zero-order valence-electron chi connectivity index (χ0n) is 20.4. The van der Waals surface area contributed by atoms with E-state index in [1.54, 1.807) is 36.4 Å². The summed E-state index contributed by atoms with van der Waals surface area (Å²) in [6.07, 6.45) is 0.419. The highest BCUT2D eigenvalue weighted by molar-refractivity contribution is 6.42. The van der Waals surface area contributed by atoms with Crippen LogP contribution in [0.5, 0.6) is 17.2 Å². The first kappa shape index (κ1) is 27.6. The minimum absolute atomic E-state index is 0.163. The second kappa shape index (κ2) is 12.2. The monoisotopic (exact) mass is 510 g/mol. The fourth-order valence-corrected chi connectivity index (χ4v) is 3.62. The largest absolute Gasteiger partial charge is 0.496 e. The van der Waals surface area contributed by atoms with E-state index >= 15 is 0 Å². The van der Waals surface area contributed by atoms with E-state index in [-0.39, 0.29) is 25.0 Å². The fourth-order valence-electron chi connectivity index (χ4n) is 3.30. The molecule has 1 atom stereocenters. The molecule has 0 spiro atoms. The third-order valence-corrected chi connectivity index (χ3v) is 5.65. The van der Waals surface area contributed by atoms with Gasteiger partial charge in [0.2, 0.25) is 5.91 Å². The first-order valence-electron chi connectivity index (χ1n) is 10.9. The lowest BCUT2D eigenvalue weighted by Gasteiger charge is -2.33. The third-order valence-electron chi connectivity index (χ3n) is 4.91. The number of hydrogen-bond donors (Lipinski definition) is 1. The quantitative estimate of drug-likeness (QED) is 0.480. The average molecular weight is 511 g/mol. The molecule has 2 amide bonds. The second-order valence-corrected chi connectivity index (χ2v) is 9.58. The number of carbonyl (C=O) groups excluding carboxylic acids is 2. The Morgan fingerprint density at radius 2 is 1.56 bits per heavy atom. The lowest BCUT2D eigenvalue weighted by molar-refractivity contribution is -0.143. The van der Waals surface area contributed by atoms with Crippen molar-refractivity contribution in [3.05, 3.63) is 52.0 Å². The lowest BCUT2D eigenvalue weighted by Crippen LogP contribution is -2.54. The number of rotatable bonds is 10. The van der Waals surface area contributed by atoms with Crippen LogP contribution in [0, 0.1) is 0 Å². The molecular weight excluding hydrogens is 479 g/mol. The zero-order valence-corrected chi connectivity index (χ0v) is 21.9. The molecule has 0 saturated carbocycles. The Morgan fingerprint density at radius 3 is 2.06 bits per heavy atom. The number of amides is 2. The highest BCUT2D eigenvalue weighted by Gasteiger charge is 2.31. The van der Waals surface area contributed by atoms with E-state index in [1.165, 1.54) is 19.1 Å². The molecule has 0 aliphatic heterocycles. The number of ether oxygens (including phenoxy) is 3. The molecule has 2 aromatic carbocycles. The van der Waals surface area contributed by atoms with E-state index < -0.39 is 11.6 Å². The highest BCUT2D eigenvalue weighted by Crippen LogP contribution is 2.28. The maximum atomic E-state index is 13.4. The Bertz CT molecular complexity index is 985. The van der Waals surface area contributed by atoms with Gasteiger partial charge in [-0.3, -0.25) is 9.59 Å². The van der Waals surface area contributed by atoms with Crippen molar-refractivity contribution in [3.63, 3.8) is 0 Å². The van der Waals surface area contributed by atoms with Crippen LogP contribution in [-0.4, -0.2) is 49.1 Å². The molecule has 2 rings (SSSR count). The van der Waals surface area contributed by atoms with E-state index in [0.29, 0.717) is 33.7 Å². The van der Waals surface area contributed by atoms with Crippen LogP contribution in [0.1, 0.15) is 39.7 Å². The van der Waals surface area contributed by atoms with Gasteiger partial charge >= 0.3 is 0 Å². The Hall–Kier alpha value is -2.64. The summed E-state index contributed by atoms with van der Waals surface area (Å²) in [4.78, 5) is 27.9. The Labute approximate surface area is 211 Å². The van der Waals surface area contributed by atoms with Gasteiger partial charge < -0.3 is 24.4 Å². The summed E-state index contributed by atoms with van der Waals surface area (Å²) in [7, 11) is 3.06. The van der Waals surface area contributed by atoms with E-state index in [2.05, 4.69) is 5.32 Å². The highest BCUT2D eigenvalue weighted by atomic mass is 35.5. The molecule has 34 heavy (non-hydrogen) atoms. The van der Waals surface area contributed by atoms with Crippen molar-refractivity contribution in [1.29, 1.82) is 0 Å². The van der Waals surface area contributed by atoms with Crippen molar-refractivity contribution < 1.29 is 23.8 Å². The predicted octanol–water partition coefficient (Wildman–Crippen LogP) is 5.11. The van der Waals surface area contributed by atoms with Crippen LogP contribution >= 0.6 is 23.2 Å². The van der Waals surface area contributed by atoms with Gasteiger partial charge in [-0.1, -0.05) is 36.2 Å². The normalized spacial score (nSPS) is 12.0. The molecule has 9 heteroatoms. The van der Waals surface area contributed by atoms with Crippen LogP contribution < -0.4 is 19.5 Å². The SMILES string of the molecule is CC[C@@H](C(=O)NC(C)(C)C)N(Cc1ccc(Cl)c(Cl)c1)C(=O)COc1cc(OC)cc(OC)c1. The number of nitrogens with one attached hydrogen (secondary N) is 1. The van der Waals surface area contributed by atoms with Gasteiger partial charge in [-0.05, 0) is 44.9 Å². The van der Waals surface area contributed by atoms with E-state index in [1.807, 2.05) is 27.7 Å². The third kappa shape index (κ3) is 7.99. The Balaban J connectivity index is 2.30. The van der Waals surface area contributed by atoms with Crippen LogP contribution in [0.3, 0.4) is 0 Å². The van der Waals surface area contributed by atoms with Gasteiger partial charge in [0.1, 0.15) is 23.3 Å². The van der Waals surface area contributed by atoms with Crippen molar-refractivity contribution in [2.24, 2.45) is 0 Å². The molecule has 0 unspecified atom stereocenters. The summed E-state index contributed by atoms with van der Waals surface area (Å²) in [5.41, 5.74) is 0.295. The van der Waals surface area contributed by atoms with Crippen LogP contribution in [0.4, 0.5) is 0 Å². The molecule has 0 fully saturated rings. The van der Waals surface area contributed by atoms with Crippen LogP contribution in [-0.2, 0) is 16.1 Å². The Morgan fingerprint density at radius 1 is 0.971 bits per heavy atom. The number of nitrogens with zero attached hydrogens (tertiary/aromatic N) is 1. The summed E-state index contributed by atoms with van der Waals surface area (Å²) in [5, 5.41) is 3.75. The average Bonchev–Trinajstić information content (AvgIpc) is 2.78. The van der Waals surface area contributed by atoms with Gasteiger partial charge in [-0.2, -0.15) is 0 Å². The van der Waals surface area contributed by atoms with Gasteiger partial charge in [-0.15, -0.1) is 0 Å². The predicted molar refractivity (Wildman–Crippen MR) is 134 cm³/mol. The molecule has 0 aliphatic rings. The maximum Gasteiger partial charge on any atom is 0.261 e. The van der Waals surface area contributed by atoms with Gasteiger partial charge in [0.15, 0.2) is 6.61 Å². The minimum Gasteiger partial charge on any atom is -0.496 e. The smallest absolute Gasteiger partial charge is 0.261 e. The molecule has 0 radical (unpaired) electrons.